The standard InChI is InChI=1S/C16H26N2O/c1-4-6-14(7-5-2)18-15-10-8-13(9-11-15)12-16(19)17-3/h8-11,14,18H,4-7,12H2,1-3H3,(H,17,19). The van der Waals surface area contributed by atoms with Crippen molar-refractivity contribution in [1.29, 1.82) is 0 Å². The van der Waals surface area contributed by atoms with Crippen molar-refractivity contribution in [3.8, 4) is 0 Å². The minimum Gasteiger partial charge on any atom is -0.382 e. The van der Waals surface area contributed by atoms with E-state index < -0.39 is 0 Å². The number of likely N-dealkylation sites (N-methyl/N-ethyl adjacent to an activating group) is 1. The summed E-state index contributed by atoms with van der Waals surface area (Å²) in [4.78, 5) is 11.3. The first-order valence-electron chi connectivity index (χ1n) is 7.25. The third-order valence-corrected chi connectivity index (χ3v) is 3.24. The number of carbonyl (C=O) groups is 1. The van der Waals surface area contributed by atoms with Crippen LogP contribution in [0.2, 0.25) is 0 Å². The second-order valence-corrected chi connectivity index (χ2v) is 4.97. The third kappa shape index (κ3) is 5.77. The van der Waals surface area contributed by atoms with Crippen LogP contribution in [0.1, 0.15) is 45.1 Å². The van der Waals surface area contributed by atoms with Gasteiger partial charge in [-0.25, -0.2) is 0 Å². The maximum absolute atomic E-state index is 11.3. The number of rotatable bonds is 8. The topological polar surface area (TPSA) is 41.1 Å². The molecule has 3 heteroatoms. The lowest BCUT2D eigenvalue weighted by atomic mass is 10.1. The van der Waals surface area contributed by atoms with E-state index in [1.807, 2.05) is 12.1 Å². The summed E-state index contributed by atoms with van der Waals surface area (Å²) in [6.45, 7) is 4.44. The van der Waals surface area contributed by atoms with Crippen molar-refractivity contribution >= 4 is 11.6 Å². The van der Waals surface area contributed by atoms with E-state index in [9.17, 15) is 4.79 Å². The van der Waals surface area contributed by atoms with Gasteiger partial charge in [0, 0.05) is 18.8 Å². The zero-order valence-electron chi connectivity index (χ0n) is 12.3. The predicted octanol–water partition coefficient (Wildman–Crippen LogP) is 3.36. The Morgan fingerprint density at radius 3 is 2.16 bits per heavy atom. The van der Waals surface area contributed by atoms with Crippen LogP contribution in [0.15, 0.2) is 24.3 Å². The van der Waals surface area contributed by atoms with Crippen molar-refractivity contribution < 1.29 is 4.79 Å². The van der Waals surface area contributed by atoms with Gasteiger partial charge in [0.1, 0.15) is 0 Å². The third-order valence-electron chi connectivity index (χ3n) is 3.24. The van der Waals surface area contributed by atoms with Crippen molar-refractivity contribution in [2.75, 3.05) is 12.4 Å². The van der Waals surface area contributed by atoms with Crippen molar-refractivity contribution in [1.82, 2.24) is 5.32 Å². The Labute approximate surface area is 116 Å². The largest absolute Gasteiger partial charge is 0.382 e. The first kappa shape index (κ1) is 15.5. The lowest BCUT2D eigenvalue weighted by Crippen LogP contribution is -2.20. The van der Waals surface area contributed by atoms with Gasteiger partial charge in [0.2, 0.25) is 5.91 Å². The van der Waals surface area contributed by atoms with Gasteiger partial charge in [-0.1, -0.05) is 38.8 Å². The van der Waals surface area contributed by atoms with Crippen molar-refractivity contribution in [2.24, 2.45) is 0 Å². The van der Waals surface area contributed by atoms with E-state index >= 15 is 0 Å². The highest BCUT2D eigenvalue weighted by Gasteiger charge is 2.06. The minimum atomic E-state index is 0.0514. The van der Waals surface area contributed by atoms with Crippen LogP contribution < -0.4 is 10.6 Å². The minimum absolute atomic E-state index is 0.0514. The van der Waals surface area contributed by atoms with Gasteiger partial charge in [-0.2, -0.15) is 0 Å². The van der Waals surface area contributed by atoms with E-state index in [0.29, 0.717) is 12.5 Å². The van der Waals surface area contributed by atoms with Gasteiger partial charge >= 0.3 is 0 Å². The molecule has 0 aromatic heterocycles. The lowest BCUT2D eigenvalue weighted by Gasteiger charge is -2.18. The normalized spacial score (nSPS) is 10.5. The molecule has 1 aromatic carbocycles. The molecule has 0 aliphatic heterocycles. The maximum atomic E-state index is 11.3. The van der Waals surface area contributed by atoms with Crippen LogP contribution in [0.5, 0.6) is 0 Å². The fraction of sp³-hybridized carbons (Fsp3) is 0.562. The summed E-state index contributed by atoms with van der Waals surface area (Å²) < 4.78 is 0. The van der Waals surface area contributed by atoms with Crippen molar-refractivity contribution in [3.05, 3.63) is 29.8 Å². The average Bonchev–Trinajstić information content (AvgIpc) is 2.41. The van der Waals surface area contributed by atoms with Gasteiger partial charge in [-0.05, 0) is 30.5 Å². The van der Waals surface area contributed by atoms with Crippen LogP contribution in [0.4, 0.5) is 5.69 Å². The van der Waals surface area contributed by atoms with Gasteiger partial charge in [0.15, 0.2) is 0 Å². The SMILES string of the molecule is CCCC(CCC)Nc1ccc(CC(=O)NC)cc1. The zero-order valence-corrected chi connectivity index (χ0v) is 12.3. The molecule has 1 amide bonds. The van der Waals surface area contributed by atoms with Crippen LogP contribution in [0.25, 0.3) is 0 Å². The molecule has 0 heterocycles. The predicted molar refractivity (Wildman–Crippen MR) is 81.4 cm³/mol. The van der Waals surface area contributed by atoms with E-state index in [4.69, 9.17) is 0 Å². The first-order valence-corrected chi connectivity index (χ1v) is 7.25. The Morgan fingerprint density at radius 2 is 1.68 bits per heavy atom. The van der Waals surface area contributed by atoms with Gasteiger partial charge < -0.3 is 10.6 Å². The molecule has 1 aromatic rings. The molecule has 106 valence electrons. The van der Waals surface area contributed by atoms with Gasteiger partial charge in [0.25, 0.3) is 0 Å². The average molecular weight is 262 g/mol. The molecule has 2 N–H and O–H groups in total. The highest BCUT2D eigenvalue weighted by atomic mass is 16.1. The Hall–Kier alpha value is -1.51. The Bertz CT molecular complexity index is 367. The quantitative estimate of drug-likeness (QED) is 0.754. The number of carbonyl (C=O) groups excluding carboxylic acids is 1. The Balaban J connectivity index is 2.57. The van der Waals surface area contributed by atoms with Crippen molar-refractivity contribution in [2.45, 2.75) is 52.0 Å². The van der Waals surface area contributed by atoms with Gasteiger partial charge in [-0.15, -0.1) is 0 Å². The molecule has 0 saturated carbocycles. The number of nitrogens with one attached hydrogen (secondary N) is 2. The molecule has 0 atom stereocenters. The molecule has 0 bridgehead atoms. The lowest BCUT2D eigenvalue weighted by molar-refractivity contribution is -0.119. The summed E-state index contributed by atoms with van der Waals surface area (Å²) >= 11 is 0. The fourth-order valence-electron chi connectivity index (χ4n) is 2.21. The first-order chi connectivity index (χ1) is 9.19. The molecule has 0 aliphatic rings. The van der Waals surface area contributed by atoms with E-state index in [1.54, 1.807) is 7.05 Å². The van der Waals surface area contributed by atoms with Crippen LogP contribution in [0, 0.1) is 0 Å². The van der Waals surface area contributed by atoms with Crippen LogP contribution in [0.3, 0.4) is 0 Å². The highest BCUT2D eigenvalue weighted by molar-refractivity contribution is 5.78. The Kier molecular flexibility index (Phi) is 7.01. The Morgan fingerprint density at radius 1 is 1.11 bits per heavy atom. The molecule has 0 radical (unpaired) electrons. The van der Waals surface area contributed by atoms with E-state index in [0.717, 1.165) is 11.3 Å². The van der Waals surface area contributed by atoms with Crippen molar-refractivity contribution in [3.63, 3.8) is 0 Å². The summed E-state index contributed by atoms with van der Waals surface area (Å²) in [5.74, 6) is 0.0514. The van der Waals surface area contributed by atoms with Crippen LogP contribution in [-0.4, -0.2) is 19.0 Å². The maximum Gasteiger partial charge on any atom is 0.224 e. The summed E-state index contributed by atoms with van der Waals surface area (Å²) in [6, 6.07) is 8.73. The number of benzene rings is 1. The molecule has 0 spiro atoms. The molecule has 0 aliphatic carbocycles. The number of hydrogen-bond donors (Lipinski definition) is 2. The van der Waals surface area contributed by atoms with E-state index in [-0.39, 0.29) is 5.91 Å². The summed E-state index contributed by atoms with van der Waals surface area (Å²) in [6.07, 6.45) is 5.25. The summed E-state index contributed by atoms with van der Waals surface area (Å²) in [5.41, 5.74) is 2.19. The van der Waals surface area contributed by atoms with Crippen LogP contribution in [-0.2, 0) is 11.2 Å². The van der Waals surface area contributed by atoms with Gasteiger partial charge in [0.05, 0.1) is 6.42 Å². The van der Waals surface area contributed by atoms with Crippen LogP contribution >= 0.6 is 0 Å². The molecule has 1 rings (SSSR count). The summed E-state index contributed by atoms with van der Waals surface area (Å²) in [7, 11) is 1.67. The van der Waals surface area contributed by atoms with E-state index in [2.05, 4.69) is 36.6 Å². The molecule has 19 heavy (non-hydrogen) atoms. The highest BCUT2D eigenvalue weighted by Crippen LogP contribution is 2.15. The number of amides is 1. The molecule has 3 nitrogen and oxygen atoms in total. The number of anilines is 1. The smallest absolute Gasteiger partial charge is 0.224 e. The molecular weight excluding hydrogens is 236 g/mol. The molecule has 0 unspecified atom stereocenters. The zero-order chi connectivity index (χ0) is 14.1. The summed E-state index contributed by atoms with van der Waals surface area (Å²) in [5, 5.41) is 6.21. The molecule has 0 saturated heterocycles. The van der Waals surface area contributed by atoms with Gasteiger partial charge in [-0.3, -0.25) is 4.79 Å². The molecular formula is C16H26N2O. The number of hydrogen-bond acceptors (Lipinski definition) is 2. The second-order valence-electron chi connectivity index (χ2n) is 4.97. The second kappa shape index (κ2) is 8.57. The fourth-order valence-corrected chi connectivity index (χ4v) is 2.21. The molecule has 0 fully saturated rings. The van der Waals surface area contributed by atoms with E-state index in [1.165, 1.54) is 25.7 Å². The monoisotopic (exact) mass is 262 g/mol.